The molecule has 1 amide bonds. The lowest BCUT2D eigenvalue weighted by molar-refractivity contribution is 0.0657. The summed E-state index contributed by atoms with van der Waals surface area (Å²) in [5, 5.41) is 8.91. The summed E-state index contributed by atoms with van der Waals surface area (Å²) in [5.74, 6) is 1.14. The zero-order valence-electron chi connectivity index (χ0n) is 15.8. The first kappa shape index (κ1) is 17.1. The summed E-state index contributed by atoms with van der Waals surface area (Å²) >= 11 is 0. The molecule has 2 atom stereocenters. The Morgan fingerprint density at radius 1 is 1.27 bits per heavy atom. The molecule has 2 unspecified atom stereocenters. The molecule has 0 N–H and O–H groups in total. The van der Waals surface area contributed by atoms with Gasteiger partial charge in [-0.3, -0.25) is 14.0 Å². The summed E-state index contributed by atoms with van der Waals surface area (Å²) in [6.45, 7) is 7.25. The van der Waals surface area contributed by atoms with Crippen molar-refractivity contribution in [3.8, 4) is 0 Å². The Morgan fingerprint density at radius 3 is 2.65 bits per heavy atom. The maximum absolute atomic E-state index is 13.1. The van der Waals surface area contributed by atoms with Crippen molar-refractivity contribution in [2.75, 3.05) is 0 Å². The van der Waals surface area contributed by atoms with Crippen molar-refractivity contribution in [3.63, 3.8) is 0 Å². The van der Waals surface area contributed by atoms with Crippen LogP contribution in [-0.2, 0) is 26.6 Å². The summed E-state index contributed by atoms with van der Waals surface area (Å²) < 4.78 is 5.08. The number of amides is 1. The van der Waals surface area contributed by atoms with Crippen molar-refractivity contribution in [2.45, 2.75) is 65.2 Å². The van der Waals surface area contributed by atoms with Crippen LogP contribution in [0.3, 0.4) is 0 Å². The van der Waals surface area contributed by atoms with Crippen LogP contribution in [0.5, 0.6) is 0 Å². The van der Waals surface area contributed by atoms with Gasteiger partial charge in [0.1, 0.15) is 5.82 Å². The molecule has 0 aliphatic carbocycles. The Kier molecular flexibility index (Phi) is 4.00. The second-order valence-corrected chi connectivity index (χ2v) is 7.98. The van der Waals surface area contributed by atoms with Crippen LogP contribution in [0.2, 0.25) is 0 Å². The SMILES string of the molecule is Cc1cc(C(=O)N2C3CCC2Cn2c(nn(CC(C)C)c2=O)C3)nn1C. The fourth-order valence-corrected chi connectivity index (χ4v) is 4.18. The fraction of sp³-hybridized carbons (Fsp3) is 0.667. The molecule has 0 aromatic carbocycles. The molecule has 1 saturated heterocycles. The molecular formula is C18H26N6O2. The minimum atomic E-state index is -0.0534. The normalized spacial score (nSPS) is 22.0. The lowest BCUT2D eigenvalue weighted by Gasteiger charge is -2.27. The molecule has 1 fully saturated rings. The highest BCUT2D eigenvalue weighted by Crippen LogP contribution is 2.31. The van der Waals surface area contributed by atoms with E-state index in [1.54, 1.807) is 13.9 Å². The molecule has 0 radical (unpaired) electrons. The molecule has 2 aromatic heterocycles. The van der Waals surface area contributed by atoms with Gasteiger partial charge >= 0.3 is 5.69 Å². The van der Waals surface area contributed by atoms with Gasteiger partial charge in [-0.1, -0.05) is 13.8 Å². The summed E-state index contributed by atoms with van der Waals surface area (Å²) in [7, 11) is 1.84. The Hall–Kier alpha value is -2.38. The molecule has 26 heavy (non-hydrogen) atoms. The van der Waals surface area contributed by atoms with Crippen LogP contribution in [0.25, 0.3) is 0 Å². The fourth-order valence-electron chi connectivity index (χ4n) is 4.18. The van der Waals surface area contributed by atoms with Crippen molar-refractivity contribution in [2.24, 2.45) is 13.0 Å². The average Bonchev–Trinajstić information content (AvgIpc) is 3.15. The summed E-state index contributed by atoms with van der Waals surface area (Å²) in [6.07, 6.45) is 2.51. The average molecular weight is 358 g/mol. The minimum absolute atomic E-state index is 0.0328. The van der Waals surface area contributed by atoms with Crippen LogP contribution in [0.15, 0.2) is 10.9 Å². The number of hydrogen-bond donors (Lipinski definition) is 0. The van der Waals surface area contributed by atoms with E-state index in [2.05, 4.69) is 24.0 Å². The molecule has 8 nitrogen and oxygen atoms in total. The zero-order valence-corrected chi connectivity index (χ0v) is 15.8. The van der Waals surface area contributed by atoms with E-state index in [0.29, 0.717) is 31.1 Å². The molecule has 2 aliphatic rings. The number of fused-ring (bicyclic) bond motifs is 3. The Balaban J connectivity index is 1.64. The quantitative estimate of drug-likeness (QED) is 0.819. The lowest BCUT2D eigenvalue weighted by atomic mass is 10.1. The van der Waals surface area contributed by atoms with Gasteiger partial charge in [-0.15, -0.1) is 0 Å². The Morgan fingerprint density at radius 2 is 2.00 bits per heavy atom. The second-order valence-electron chi connectivity index (χ2n) is 7.98. The van der Waals surface area contributed by atoms with Crippen molar-refractivity contribution < 1.29 is 4.79 Å². The molecule has 8 heteroatoms. The van der Waals surface area contributed by atoms with Crippen molar-refractivity contribution in [1.82, 2.24) is 29.0 Å². The van der Waals surface area contributed by atoms with Gasteiger partial charge in [0.15, 0.2) is 5.69 Å². The van der Waals surface area contributed by atoms with E-state index in [-0.39, 0.29) is 23.7 Å². The predicted octanol–water partition coefficient (Wildman–Crippen LogP) is 0.972. The van der Waals surface area contributed by atoms with Crippen LogP contribution in [-0.4, -0.2) is 47.0 Å². The number of carbonyl (C=O) groups excluding carboxylic acids is 1. The third kappa shape index (κ3) is 2.68. The first-order valence-corrected chi connectivity index (χ1v) is 9.35. The van der Waals surface area contributed by atoms with Gasteiger partial charge in [-0.05, 0) is 31.7 Å². The van der Waals surface area contributed by atoms with Crippen molar-refractivity contribution >= 4 is 5.91 Å². The van der Waals surface area contributed by atoms with E-state index >= 15 is 0 Å². The summed E-state index contributed by atoms with van der Waals surface area (Å²) in [4.78, 5) is 27.8. The van der Waals surface area contributed by atoms with E-state index in [4.69, 9.17) is 0 Å². The van der Waals surface area contributed by atoms with Crippen LogP contribution in [0.4, 0.5) is 0 Å². The minimum Gasteiger partial charge on any atom is -0.329 e. The molecule has 0 saturated carbocycles. The third-order valence-corrected chi connectivity index (χ3v) is 5.54. The number of aryl methyl sites for hydroxylation is 2. The molecule has 2 aromatic rings. The van der Waals surface area contributed by atoms with Gasteiger partial charge in [0.25, 0.3) is 5.91 Å². The maximum Gasteiger partial charge on any atom is 0.345 e. The zero-order chi connectivity index (χ0) is 18.6. The van der Waals surface area contributed by atoms with Crippen LogP contribution in [0.1, 0.15) is 48.7 Å². The highest BCUT2D eigenvalue weighted by molar-refractivity contribution is 5.93. The number of nitrogens with zero attached hydrogens (tertiary/aromatic N) is 6. The van der Waals surface area contributed by atoms with E-state index in [9.17, 15) is 9.59 Å². The first-order valence-electron chi connectivity index (χ1n) is 9.35. The molecular weight excluding hydrogens is 332 g/mol. The van der Waals surface area contributed by atoms with Crippen LogP contribution in [0, 0.1) is 12.8 Å². The first-order chi connectivity index (χ1) is 12.3. The van der Waals surface area contributed by atoms with E-state index in [1.807, 2.05) is 24.9 Å². The summed E-state index contributed by atoms with van der Waals surface area (Å²) in [6, 6.07) is 1.96. The molecule has 4 heterocycles. The molecule has 0 spiro atoms. The molecule has 140 valence electrons. The van der Waals surface area contributed by atoms with Gasteiger partial charge in [-0.25, -0.2) is 9.48 Å². The van der Waals surface area contributed by atoms with Crippen molar-refractivity contribution in [1.29, 1.82) is 0 Å². The molecule has 4 rings (SSSR count). The van der Waals surface area contributed by atoms with Gasteiger partial charge < -0.3 is 4.90 Å². The van der Waals surface area contributed by atoms with Gasteiger partial charge in [0.05, 0.1) is 6.04 Å². The maximum atomic E-state index is 13.1. The summed E-state index contributed by atoms with van der Waals surface area (Å²) in [5.41, 5.74) is 1.39. The van der Waals surface area contributed by atoms with Crippen LogP contribution >= 0.6 is 0 Å². The predicted molar refractivity (Wildman–Crippen MR) is 96.0 cm³/mol. The number of hydrogen-bond acceptors (Lipinski definition) is 4. The van der Waals surface area contributed by atoms with E-state index < -0.39 is 0 Å². The standard InChI is InChI=1S/C18H26N6O2/c1-11(2)9-23-18(26)22-10-14-6-5-13(8-16(22)20-23)24(14)17(25)15-7-12(3)21(4)19-15/h7,11,13-14H,5-6,8-10H2,1-4H3. The molecule has 2 bridgehead atoms. The number of rotatable bonds is 3. The van der Waals surface area contributed by atoms with Gasteiger partial charge in [-0.2, -0.15) is 10.2 Å². The van der Waals surface area contributed by atoms with E-state index in [0.717, 1.165) is 24.4 Å². The monoisotopic (exact) mass is 358 g/mol. The lowest BCUT2D eigenvalue weighted by Crippen LogP contribution is -2.43. The topological polar surface area (TPSA) is 78.0 Å². The number of carbonyl (C=O) groups is 1. The Labute approximate surface area is 152 Å². The van der Waals surface area contributed by atoms with Gasteiger partial charge in [0, 0.05) is 38.3 Å². The van der Waals surface area contributed by atoms with E-state index in [1.165, 1.54) is 0 Å². The Bertz CT molecular complexity index is 886. The largest absolute Gasteiger partial charge is 0.345 e. The second kappa shape index (κ2) is 6.10. The smallest absolute Gasteiger partial charge is 0.329 e. The molecule has 2 aliphatic heterocycles. The van der Waals surface area contributed by atoms with Crippen molar-refractivity contribution in [3.05, 3.63) is 33.8 Å². The highest BCUT2D eigenvalue weighted by Gasteiger charge is 2.42. The highest BCUT2D eigenvalue weighted by atomic mass is 16.2. The number of aromatic nitrogens is 5. The van der Waals surface area contributed by atoms with Crippen LogP contribution < -0.4 is 5.69 Å². The third-order valence-electron chi connectivity index (χ3n) is 5.54. The van der Waals surface area contributed by atoms with Gasteiger partial charge in [0.2, 0.25) is 0 Å².